The molecule has 0 fully saturated rings. The monoisotopic (exact) mass is 403 g/mol. The van der Waals surface area contributed by atoms with E-state index in [1.807, 2.05) is 0 Å². The van der Waals surface area contributed by atoms with Crippen LogP contribution in [0, 0.1) is 0 Å². The van der Waals surface area contributed by atoms with Gasteiger partial charge in [-0.05, 0) is 71.2 Å². The number of carbonyl (C=O) groups excluding carboxylic acids is 3. The smallest absolute Gasteiger partial charge is 0.224 e. The molecular formula is C22H26ClNO4. The lowest BCUT2D eigenvalue weighted by Crippen LogP contribution is -2.28. The van der Waals surface area contributed by atoms with Gasteiger partial charge in [-0.2, -0.15) is 0 Å². The fraction of sp³-hybridized carbons (Fsp3) is 0.409. The van der Waals surface area contributed by atoms with E-state index in [2.05, 4.69) is 5.32 Å². The summed E-state index contributed by atoms with van der Waals surface area (Å²) in [6.45, 7) is 6.61. The number of allylic oxidation sites excluding steroid dienone is 4. The van der Waals surface area contributed by atoms with Crippen molar-refractivity contribution in [2.75, 3.05) is 5.32 Å². The molecule has 1 aliphatic rings. The van der Waals surface area contributed by atoms with Crippen molar-refractivity contribution in [2.45, 2.75) is 59.0 Å². The van der Waals surface area contributed by atoms with Gasteiger partial charge in [0, 0.05) is 39.4 Å². The van der Waals surface area contributed by atoms with E-state index < -0.39 is 5.60 Å². The predicted molar refractivity (Wildman–Crippen MR) is 110 cm³/mol. The highest BCUT2D eigenvalue weighted by Gasteiger charge is 2.30. The molecule has 1 aromatic rings. The van der Waals surface area contributed by atoms with E-state index >= 15 is 0 Å². The zero-order valence-electron chi connectivity index (χ0n) is 16.7. The molecule has 0 aliphatic heterocycles. The number of anilines is 1. The van der Waals surface area contributed by atoms with Crippen molar-refractivity contribution in [1.82, 2.24) is 0 Å². The molecule has 5 nitrogen and oxygen atoms in total. The number of ketones is 2. The van der Waals surface area contributed by atoms with Gasteiger partial charge in [-0.25, -0.2) is 0 Å². The number of benzene rings is 1. The molecule has 0 saturated carbocycles. The number of nitrogens with one attached hydrogen (secondary N) is 1. The fourth-order valence-corrected chi connectivity index (χ4v) is 3.24. The molecule has 0 radical (unpaired) electrons. The Kier molecular flexibility index (Phi) is 6.96. The molecule has 0 heterocycles. The number of amides is 1. The van der Waals surface area contributed by atoms with Gasteiger partial charge in [0.25, 0.3) is 0 Å². The van der Waals surface area contributed by atoms with Crippen molar-refractivity contribution in [3.63, 3.8) is 0 Å². The van der Waals surface area contributed by atoms with Crippen LogP contribution in [0.4, 0.5) is 5.69 Å². The fourth-order valence-electron chi connectivity index (χ4n) is 3.12. The topological polar surface area (TPSA) is 83.5 Å². The van der Waals surface area contributed by atoms with Gasteiger partial charge in [0.05, 0.1) is 5.60 Å². The molecule has 150 valence electrons. The van der Waals surface area contributed by atoms with E-state index in [0.29, 0.717) is 45.8 Å². The Morgan fingerprint density at radius 1 is 1.00 bits per heavy atom. The third-order valence-corrected chi connectivity index (χ3v) is 5.50. The maximum absolute atomic E-state index is 12.5. The second-order valence-electron chi connectivity index (χ2n) is 7.56. The molecule has 1 unspecified atom stereocenters. The van der Waals surface area contributed by atoms with E-state index in [4.69, 9.17) is 11.6 Å². The van der Waals surface area contributed by atoms with Gasteiger partial charge in [-0.3, -0.25) is 14.4 Å². The van der Waals surface area contributed by atoms with Crippen LogP contribution in [0.5, 0.6) is 0 Å². The number of Topliss-reactive ketones (excluding diaryl/α,β-unsaturated/α-hetero) is 2. The number of aliphatic hydroxyl groups is 1. The van der Waals surface area contributed by atoms with Gasteiger partial charge in [0.2, 0.25) is 5.91 Å². The maximum atomic E-state index is 12.5. The van der Waals surface area contributed by atoms with Crippen molar-refractivity contribution in [3.8, 4) is 0 Å². The Balaban J connectivity index is 1.91. The summed E-state index contributed by atoms with van der Waals surface area (Å²) >= 11 is 5.82. The number of carbonyl (C=O) groups is 3. The summed E-state index contributed by atoms with van der Waals surface area (Å²) in [4.78, 5) is 36.8. The number of rotatable bonds is 7. The Morgan fingerprint density at radius 3 is 2.18 bits per heavy atom. The predicted octanol–water partition coefficient (Wildman–Crippen LogP) is 4.39. The highest BCUT2D eigenvalue weighted by Crippen LogP contribution is 2.30. The first kappa shape index (κ1) is 22.1. The Morgan fingerprint density at radius 2 is 1.57 bits per heavy atom. The van der Waals surface area contributed by atoms with Crippen LogP contribution in [0.2, 0.25) is 5.02 Å². The van der Waals surface area contributed by atoms with Gasteiger partial charge in [-0.1, -0.05) is 11.6 Å². The molecule has 0 bridgehead atoms. The van der Waals surface area contributed by atoms with Crippen LogP contribution in [0.15, 0.2) is 46.6 Å². The minimum Gasteiger partial charge on any atom is -0.390 e. The molecule has 6 heteroatoms. The second kappa shape index (κ2) is 8.84. The highest BCUT2D eigenvalue weighted by atomic mass is 35.5. The van der Waals surface area contributed by atoms with Crippen LogP contribution in [-0.4, -0.2) is 28.2 Å². The summed E-state index contributed by atoms with van der Waals surface area (Å²) in [5.74, 6) is -0.462. The lowest BCUT2D eigenvalue weighted by Gasteiger charge is -2.25. The molecule has 1 amide bonds. The molecule has 1 atom stereocenters. The second-order valence-corrected chi connectivity index (χ2v) is 8.00. The van der Waals surface area contributed by atoms with Crippen molar-refractivity contribution in [1.29, 1.82) is 0 Å². The van der Waals surface area contributed by atoms with E-state index in [1.165, 1.54) is 0 Å². The summed E-state index contributed by atoms with van der Waals surface area (Å²) in [6.07, 6.45) is 0.972. The molecule has 0 spiro atoms. The zero-order valence-corrected chi connectivity index (χ0v) is 17.4. The third kappa shape index (κ3) is 5.40. The number of hydrogen-bond acceptors (Lipinski definition) is 4. The SMILES string of the molecule is CC1=C(C)C(=O)C(CCC(C)(O)CCC(=O)Nc2ccc(Cl)cc2)=C(C)C1=O. The third-order valence-electron chi connectivity index (χ3n) is 5.24. The molecule has 1 aromatic carbocycles. The molecule has 1 aliphatic carbocycles. The summed E-state index contributed by atoms with van der Waals surface area (Å²) in [5.41, 5.74) is 1.37. The zero-order chi connectivity index (χ0) is 21.1. The standard InChI is InChI=1S/C22H26ClNO4/c1-13-14(2)21(27)18(15(3)20(13)26)9-11-22(4,28)12-10-19(25)24-17-7-5-16(23)6-8-17/h5-8,28H,9-12H2,1-4H3,(H,24,25). The van der Waals surface area contributed by atoms with Crippen LogP contribution in [0.25, 0.3) is 0 Å². The molecular weight excluding hydrogens is 378 g/mol. The van der Waals surface area contributed by atoms with Gasteiger partial charge in [0.1, 0.15) is 0 Å². The first-order valence-corrected chi connectivity index (χ1v) is 9.64. The van der Waals surface area contributed by atoms with Gasteiger partial charge in [-0.15, -0.1) is 0 Å². The average Bonchev–Trinajstić information content (AvgIpc) is 2.65. The van der Waals surface area contributed by atoms with E-state index in [-0.39, 0.29) is 30.3 Å². The summed E-state index contributed by atoms with van der Waals surface area (Å²) in [7, 11) is 0. The van der Waals surface area contributed by atoms with Crippen molar-refractivity contribution in [3.05, 3.63) is 51.6 Å². The first-order valence-electron chi connectivity index (χ1n) is 9.26. The molecule has 2 N–H and O–H groups in total. The van der Waals surface area contributed by atoms with E-state index in [1.54, 1.807) is 52.0 Å². The summed E-state index contributed by atoms with van der Waals surface area (Å²) in [6, 6.07) is 6.78. The number of halogens is 1. The largest absolute Gasteiger partial charge is 0.390 e. The molecule has 28 heavy (non-hydrogen) atoms. The average molecular weight is 404 g/mol. The normalized spacial score (nSPS) is 17.1. The summed E-state index contributed by atoms with van der Waals surface area (Å²) in [5, 5.41) is 14.0. The first-order chi connectivity index (χ1) is 13.0. The molecule has 0 aromatic heterocycles. The Labute approximate surface area is 170 Å². The maximum Gasteiger partial charge on any atom is 0.224 e. The lowest BCUT2D eigenvalue weighted by atomic mass is 9.82. The van der Waals surface area contributed by atoms with Crippen LogP contribution >= 0.6 is 11.6 Å². The van der Waals surface area contributed by atoms with Crippen LogP contribution < -0.4 is 5.32 Å². The van der Waals surface area contributed by atoms with Crippen molar-refractivity contribution in [2.24, 2.45) is 0 Å². The van der Waals surface area contributed by atoms with Gasteiger partial charge >= 0.3 is 0 Å². The van der Waals surface area contributed by atoms with Crippen molar-refractivity contribution >= 4 is 34.8 Å². The number of hydrogen-bond donors (Lipinski definition) is 2. The highest BCUT2D eigenvalue weighted by molar-refractivity contribution is 6.30. The minimum absolute atomic E-state index is 0.117. The summed E-state index contributed by atoms with van der Waals surface area (Å²) < 4.78 is 0. The quantitative estimate of drug-likeness (QED) is 0.661. The van der Waals surface area contributed by atoms with Gasteiger partial charge in [0.15, 0.2) is 11.6 Å². The van der Waals surface area contributed by atoms with Crippen LogP contribution in [0.3, 0.4) is 0 Å². The van der Waals surface area contributed by atoms with E-state index in [9.17, 15) is 19.5 Å². The molecule has 2 rings (SSSR count). The Bertz CT molecular complexity index is 863. The van der Waals surface area contributed by atoms with Crippen LogP contribution in [0.1, 0.15) is 53.4 Å². The van der Waals surface area contributed by atoms with Gasteiger partial charge < -0.3 is 10.4 Å². The van der Waals surface area contributed by atoms with Crippen LogP contribution in [-0.2, 0) is 14.4 Å². The lowest BCUT2D eigenvalue weighted by molar-refractivity contribution is -0.117. The Hall–Kier alpha value is -2.24. The molecule has 0 saturated heterocycles. The van der Waals surface area contributed by atoms with Crippen molar-refractivity contribution < 1.29 is 19.5 Å². The minimum atomic E-state index is -1.13. The van der Waals surface area contributed by atoms with E-state index in [0.717, 1.165) is 0 Å².